The smallest absolute Gasteiger partial charge is 0.123 e. The Hall–Kier alpha value is -2.94. The average molecular weight is 671 g/mol. The molecule has 0 aliphatic heterocycles. The summed E-state index contributed by atoms with van der Waals surface area (Å²) in [4.78, 5) is 0. The summed E-state index contributed by atoms with van der Waals surface area (Å²) in [5, 5.41) is 34.7. The van der Waals surface area contributed by atoms with Crippen LogP contribution < -0.4 is 0 Å². The average Bonchev–Trinajstić information content (AvgIpc) is 2.88. The monoisotopic (exact) mass is 671 g/mol. The number of benzene rings is 3. The summed E-state index contributed by atoms with van der Waals surface area (Å²) in [5.41, 5.74) is 8.18. The molecule has 0 amide bonds. The van der Waals surface area contributed by atoms with Crippen LogP contribution in [0.15, 0.2) is 36.4 Å². The van der Waals surface area contributed by atoms with Gasteiger partial charge in [-0.05, 0) is 102 Å². The van der Waals surface area contributed by atoms with E-state index in [2.05, 4.69) is 161 Å². The lowest BCUT2D eigenvalue weighted by atomic mass is 9.73. The van der Waals surface area contributed by atoms with Crippen LogP contribution in [0.2, 0.25) is 0 Å². The van der Waals surface area contributed by atoms with E-state index in [0.29, 0.717) is 17.2 Å². The van der Waals surface area contributed by atoms with Crippen LogP contribution in [0.3, 0.4) is 0 Å². The van der Waals surface area contributed by atoms with Gasteiger partial charge < -0.3 is 15.3 Å². The van der Waals surface area contributed by atoms with Crippen molar-refractivity contribution in [1.82, 2.24) is 0 Å². The molecular formula is C46H70O3. The Morgan fingerprint density at radius 1 is 0.388 bits per heavy atom. The van der Waals surface area contributed by atoms with Crippen molar-refractivity contribution >= 4 is 0 Å². The van der Waals surface area contributed by atoms with Gasteiger partial charge in [0.1, 0.15) is 17.2 Å². The van der Waals surface area contributed by atoms with Crippen molar-refractivity contribution in [2.45, 2.75) is 182 Å². The Labute approximate surface area is 300 Å². The van der Waals surface area contributed by atoms with Crippen molar-refractivity contribution in [3.63, 3.8) is 0 Å². The summed E-state index contributed by atoms with van der Waals surface area (Å²) in [6.07, 6.45) is 2.72. The largest absolute Gasteiger partial charge is 0.507 e. The highest BCUT2D eigenvalue weighted by Crippen LogP contribution is 2.47. The maximum Gasteiger partial charge on any atom is 0.123 e. The number of rotatable bonds is 6. The Morgan fingerprint density at radius 3 is 0.837 bits per heavy atom. The molecule has 0 radical (unpaired) electrons. The first-order valence-electron chi connectivity index (χ1n) is 18.5. The van der Waals surface area contributed by atoms with Crippen LogP contribution in [-0.4, -0.2) is 15.3 Å². The van der Waals surface area contributed by atoms with E-state index in [1.54, 1.807) is 0 Å². The van der Waals surface area contributed by atoms with Crippen molar-refractivity contribution in [1.29, 1.82) is 0 Å². The van der Waals surface area contributed by atoms with E-state index in [1.807, 2.05) is 0 Å². The molecule has 3 rings (SSSR count). The van der Waals surface area contributed by atoms with E-state index in [-0.39, 0.29) is 38.4 Å². The maximum atomic E-state index is 11.7. The highest BCUT2D eigenvalue weighted by molar-refractivity contribution is 5.56. The lowest BCUT2D eigenvalue weighted by molar-refractivity contribution is 0.420. The van der Waals surface area contributed by atoms with Crippen LogP contribution in [0, 0.1) is 0 Å². The molecule has 3 nitrogen and oxygen atoms in total. The van der Waals surface area contributed by atoms with Crippen LogP contribution >= 0.6 is 0 Å². The second-order valence-electron chi connectivity index (χ2n) is 20.9. The molecule has 3 heteroatoms. The van der Waals surface area contributed by atoms with Crippen LogP contribution in [0.1, 0.15) is 193 Å². The third-order valence-electron chi connectivity index (χ3n) is 10.0. The lowest BCUT2D eigenvalue weighted by Gasteiger charge is -2.32. The highest BCUT2D eigenvalue weighted by atomic mass is 16.3. The van der Waals surface area contributed by atoms with Gasteiger partial charge >= 0.3 is 0 Å². The SMILES string of the molecule is CC(C)(C)c1cc(CCCC(c2cc(C(C)(C)C)c(O)c(C(C)(C)C)c2)c2cc(C(C)(C)C)c(O)c(C(C)(C)C)c2)cc(C(C)(C)C)c1O. The molecule has 0 saturated heterocycles. The van der Waals surface area contributed by atoms with E-state index in [1.165, 1.54) is 16.7 Å². The summed E-state index contributed by atoms with van der Waals surface area (Å²) in [6, 6.07) is 13.4. The van der Waals surface area contributed by atoms with Gasteiger partial charge in [-0.25, -0.2) is 0 Å². The zero-order valence-electron chi connectivity index (χ0n) is 34.5. The Morgan fingerprint density at radius 2 is 0.612 bits per heavy atom. The van der Waals surface area contributed by atoms with Gasteiger partial charge in [-0.3, -0.25) is 0 Å². The minimum absolute atomic E-state index is 0.0480. The molecule has 0 heterocycles. The number of phenols is 3. The summed E-state index contributed by atoms with van der Waals surface area (Å²) < 4.78 is 0. The van der Waals surface area contributed by atoms with Gasteiger partial charge in [0.25, 0.3) is 0 Å². The number of hydrogen-bond acceptors (Lipinski definition) is 3. The molecule has 3 aromatic rings. The fourth-order valence-corrected chi connectivity index (χ4v) is 7.02. The van der Waals surface area contributed by atoms with Crippen LogP contribution in [0.5, 0.6) is 17.2 Å². The fourth-order valence-electron chi connectivity index (χ4n) is 7.02. The topological polar surface area (TPSA) is 60.7 Å². The predicted molar refractivity (Wildman–Crippen MR) is 211 cm³/mol. The predicted octanol–water partition coefficient (Wildman–Crippen LogP) is 12.7. The summed E-state index contributed by atoms with van der Waals surface area (Å²) >= 11 is 0. The van der Waals surface area contributed by atoms with Crippen molar-refractivity contribution < 1.29 is 15.3 Å². The summed E-state index contributed by atoms with van der Waals surface area (Å²) in [7, 11) is 0. The van der Waals surface area contributed by atoms with Crippen molar-refractivity contribution in [3.8, 4) is 17.2 Å². The number of aromatic hydroxyl groups is 3. The van der Waals surface area contributed by atoms with Crippen LogP contribution in [0.4, 0.5) is 0 Å². The van der Waals surface area contributed by atoms with Gasteiger partial charge in [-0.2, -0.15) is 0 Å². The minimum atomic E-state index is -0.245. The first-order valence-corrected chi connectivity index (χ1v) is 18.5. The normalized spacial score (nSPS) is 13.8. The van der Waals surface area contributed by atoms with E-state index < -0.39 is 0 Å². The zero-order valence-corrected chi connectivity index (χ0v) is 34.5. The molecule has 0 aliphatic rings. The van der Waals surface area contributed by atoms with Crippen molar-refractivity contribution in [3.05, 3.63) is 86.5 Å². The fraction of sp³-hybridized carbons (Fsp3) is 0.609. The van der Waals surface area contributed by atoms with E-state index in [0.717, 1.165) is 52.6 Å². The minimum Gasteiger partial charge on any atom is -0.507 e. The number of aryl methyl sites for hydroxylation is 1. The van der Waals surface area contributed by atoms with Gasteiger partial charge in [0.2, 0.25) is 0 Å². The second-order valence-corrected chi connectivity index (χ2v) is 20.9. The Kier molecular flexibility index (Phi) is 11.0. The van der Waals surface area contributed by atoms with Crippen molar-refractivity contribution in [2.75, 3.05) is 0 Å². The Balaban J connectivity index is 2.32. The molecule has 3 N–H and O–H groups in total. The van der Waals surface area contributed by atoms with Crippen molar-refractivity contribution in [2.24, 2.45) is 0 Å². The molecule has 0 aromatic heterocycles. The summed E-state index contributed by atoms with van der Waals surface area (Å²) in [5.74, 6) is 1.26. The molecule has 0 unspecified atom stereocenters. The van der Waals surface area contributed by atoms with Gasteiger partial charge in [-0.15, -0.1) is 0 Å². The second kappa shape index (κ2) is 13.3. The zero-order chi connectivity index (χ0) is 37.9. The molecule has 0 bridgehead atoms. The quantitative estimate of drug-likeness (QED) is 0.245. The molecule has 3 aromatic carbocycles. The first-order chi connectivity index (χ1) is 21.8. The van der Waals surface area contributed by atoms with E-state index >= 15 is 0 Å². The molecule has 0 spiro atoms. The van der Waals surface area contributed by atoms with Gasteiger partial charge in [-0.1, -0.05) is 161 Å². The Bertz CT molecular complexity index is 1460. The van der Waals surface area contributed by atoms with Gasteiger partial charge in [0.05, 0.1) is 0 Å². The molecular weight excluding hydrogens is 601 g/mol. The molecule has 0 saturated carbocycles. The standard InChI is InChI=1S/C46H70O3/c1-41(2,3)32-22-28(23-33(38(32)47)42(4,5)6)20-19-21-31(29-24-34(43(7,8)9)39(48)35(25-29)44(10,11)12)30-26-36(45(13,14)15)40(49)37(27-30)46(16,17)18/h22-27,31,47-49H,19-21H2,1-18H3. The first kappa shape index (κ1) is 40.5. The lowest BCUT2D eigenvalue weighted by Crippen LogP contribution is -2.20. The number of hydrogen-bond donors (Lipinski definition) is 3. The molecule has 0 fully saturated rings. The molecule has 0 aliphatic carbocycles. The van der Waals surface area contributed by atoms with Crippen LogP contribution in [-0.2, 0) is 38.9 Å². The molecule has 49 heavy (non-hydrogen) atoms. The van der Waals surface area contributed by atoms with E-state index in [4.69, 9.17) is 0 Å². The third-order valence-corrected chi connectivity index (χ3v) is 10.0. The summed E-state index contributed by atoms with van der Waals surface area (Å²) in [6.45, 7) is 39.1. The van der Waals surface area contributed by atoms with E-state index in [9.17, 15) is 15.3 Å². The van der Waals surface area contributed by atoms with Gasteiger partial charge in [0.15, 0.2) is 0 Å². The van der Waals surface area contributed by atoms with Gasteiger partial charge in [0, 0.05) is 5.92 Å². The highest BCUT2D eigenvalue weighted by Gasteiger charge is 2.32. The molecule has 0 atom stereocenters. The third kappa shape index (κ3) is 9.25. The van der Waals surface area contributed by atoms with Crippen LogP contribution in [0.25, 0.3) is 0 Å². The number of phenolic OH excluding ortho intramolecular Hbond substituents is 3. The maximum absolute atomic E-state index is 11.7. The molecule has 272 valence electrons.